The number of hydrogen-bond acceptors (Lipinski definition) is 6. The largest absolute Gasteiger partial charge is 0.497 e. The van der Waals surface area contributed by atoms with Crippen molar-refractivity contribution in [1.82, 2.24) is 5.43 Å². The van der Waals surface area contributed by atoms with E-state index in [2.05, 4.69) is 15.8 Å². The maximum atomic E-state index is 12.3. The van der Waals surface area contributed by atoms with Gasteiger partial charge in [0.05, 0.1) is 19.9 Å². The molecule has 3 rings (SSSR count). The predicted molar refractivity (Wildman–Crippen MR) is 131 cm³/mol. The number of carbonyl (C=O) groups is 2. The second kappa shape index (κ2) is 12.1. The van der Waals surface area contributed by atoms with Gasteiger partial charge in [-0.05, 0) is 73.5 Å². The summed E-state index contributed by atoms with van der Waals surface area (Å²) in [5.74, 6) is 0.948. The van der Waals surface area contributed by atoms with Crippen LogP contribution in [0.2, 0.25) is 0 Å². The molecule has 176 valence electrons. The van der Waals surface area contributed by atoms with Gasteiger partial charge in [-0.3, -0.25) is 9.59 Å². The minimum absolute atomic E-state index is 0.167. The zero-order valence-corrected chi connectivity index (χ0v) is 19.3. The minimum Gasteiger partial charge on any atom is -0.497 e. The van der Waals surface area contributed by atoms with Crippen molar-refractivity contribution in [3.05, 3.63) is 83.4 Å². The molecular weight excluding hydrogens is 434 g/mol. The first kappa shape index (κ1) is 24.3. The molecule has 3 aromatic rings. The first-order valence-corrected chi connectivity index (χ1v) is 10.7. The second-order valence-corrected chi connectivity index (χ2v) is 7.22. The summed E-state index contributed by atoms with van der Waals surface area (Å²) in [5, 5.41) is 6.83. The smallest absolute Gasteiger partial charge is 0.271 e. The van der Waals surface area contributed by atoms with Gasteiger partial charge < -0.3 is 19.5 Å². The standard InChI is InChI=1S/C26H27N3O5/c1-4-33-24-15-19(16-27-29-26(31)20-10-12-21(32-3)13-11-20)9-14-23(24)34-17-25(30)28-22-8-6-5-7-18(22)2/h5-16H,4,17H2,1-3H3,(H,28,30)(H,29,31)/b27-16+. The Labute approximate surface area is 198 Å². The summed E-state index contributed by atoms with van der Waals surface area (Å²) in [5.41, 5.74) is 5.34. The average molecular weight is 462 g/mol. The molecule has 0 aliphatic heterocycles. The van der Waals surface area contributed by atoms with Crippen LogP contribution in [0.1, 0.15) is 28.4 Å². The number of aryl methyl sites for hydroxylation is 1. The molecule has 0 fully saturated rings. The van der Waals surface area contributed by atoms with Crippen molar-refractivity contribution in [3.63, 3.8) is 0 Å². The molecule has 2 N–H and O–H groups in total. The summed E-state index contributed by atoms with van der Waals surface area (Å²) < 4.78 is 16.4. The van der Waals surface area contributed by atoms with Crippen LogP contribution in [0, 0.1) is 6.92 Å². The molecule has 0 atom stereocenters. The summed E-state index contributed by atoms with van der Waals surface area (Å²) in [7, 11) is 1.56. The number of hydrogen-bond donors (Lipinski definition) is 2. The number of methoxy groups -OCH3 is 1. The highest BCUT2D eigenvalue weighted by Gasteiger charge is 2.10. The molecule has 0 saturated carbocycles. The van der Waals surface area contributed by atoms with Crippen molar-refractivity contribution in [3.8, 4) is 17.2 Å². The van der Waals surface area contributed by atoms with E-state index in [0.717, 1.165) is 11.3 Å². The highest BCUT2D eigenvalue weighted by atomic mass is 16.5. The van der Waals surface area contributed by atoms with E-state index in [9.17, 15) is 9.59 Å². The lowest BCUT2D eigenvalue weighted by Gasteiger charge is -2.13. The van der Waals surface area contributed by atoms with Crippen LogP contribution in [0.5, 0.6) is 17.2 Å². The summed E-state index contributed by atoms with van der Waals surface area (Å²) >= 11 is 0. The molecule has 0 saturated heterocycles. The monoisotopic (exact) mass is 461 g/mol. The SMILES string of the molecule is CCOc1cc(/C=N/NC(=O)c2ccc(OC)cc2)ccc1OCC(=O)Nc1ccccc1C. The van der Waals surface area contributed by atoms with E-state index in [-0.39, 0.29) is 18.4 Å². The van der Waals surface area contributed by atoms with E-state index in [4.69, 9.17) is 14.2 Å². The third-order valence-electron chi connectivity index (χ3n) is 4.78. The fourth-order valence-electron chi connectivity index (χ4n) is 3.01. The number of nitrogens with zero attached hydrogens (tertiary/aromatic N) is 1. The molecule has 8 nitrogen and oxygen atoms in total. The van der Waals surface area contributed by atoms with Gasteiger partial charge in [0.15, 0.2) is 18.1 Å². The van der Waals surface area contributed by atoms with Crippen LogP contribution in [0.25, 0.3) is 0 Å². The number of carbonyl (C=O) groups excluding carboxylic acids is 2. The molecule has 0 aliphatic rings. The quantitative estimate of drug-likeness (QED) is 0.349. The molecule has 8 heteroatoms. The first-order chi connectivity index (χ1) is 16.5. The topological polar surface area (TPSA) is 98.2 Å². The molecule has 0 radical (unpaired) electrons. The molecule has 0 bridgehead atoms. The Kier molecular flexibility index (Phi) is 8.62. The van der Waals surface area contributed by atoms with E-state index < -0.39 is 0 Å². The predicted octanol–water partition coefficient (Wildman–Crippen LogP) is 4.18. The molecular formula is C26H27N3O5. The molecule has 0 heterocycles. The van der Waals surface area contributed by atoms with Crippen LogP contribution in [-0.2, 0) is 4.79 Å². The Morgan fingerprint density at radius 1 is 0.971 bits per heavy atom. The van der Waals surface area contributed by atoms with Crippen molar-refractivity contribution in [2.24, 2.45) is 5.10 Å². The van der Waals surface area contributed by atoms with Crippen molar-refractivity contribution in [1.29, 1.82) is 0 Å². The van der Waals surface area contributed by atoms with Crippen molar-refractivity contribution in [2.45, 2.75) is 13.8 Å². The van der Waals surface area contributed by atoms with Gasteiger partial charge in [-0.2, -0.15) is 5.10 Å². The van der Waals surface area contributed by atoms with Crippen LogP contribution < -0.4 is 25.0 Å². The lowest BCUT2D eigenvalue weighted by molar-refractivity contribution is -0.118. The molecule has 0 unspecified atom stereocenters. The lowest BCUT2D eigenvalue weighted by atomic mass is 10.2. The van der Waals surface area contributed by atoms with E-state index in [0.29, 0.717) is 35.0 Å². The molecule has 34 heavy (non-hydrogen) atoms. The summed E-state index contributed by atoms with van der Waals surface area (Å²) in [6.45, 7) is 4.02. The number of para-hydroxylation sites is 1. The third-order valence-corrected chi connectivity index (χ3v) is 4.78. The molecule has 3 aromatic carbocycles. The zero-order chi connectivity index (χ0) is 24.3. The number of ether oxygens (including phenoxy) is 3. The van der Waals surface area contributed by atoms with Gasteiger partial charge in [0, 0.05) is 11.3 Å². The van der Waals surface area contributed by atoms with Crippen LogP contribution in [0.4, 0.5) is 5.69 Å². The van der Waals surface area contributed by atoms with E-state index in [1.54, 1.807) is 49.6 Å². The maximum absolute atomic E-state index is 12.3. The van der Waals surface area contributed by atoms with Crippen molar-refractivity contribution < 1.29 is 23.8 Å². The average Bonchev–Trinajstić information content (AvgIpc) is 2.85. The molecule has 0 aromatic heterocycles. The molecule has 0 aliphatic carbocycles. The van der Waals surface area contributed by atoms with Crippen LogP contribution in [-0.4, -0.2) is 38.4 Å². The number of amides is 2. The van der Waals surface area contributed by atoms with Gasteiger partial charge >= 0.3 is 0 Å². The van der Waals surface area contributed by atoms with Gasteiger partial charge in [0.1, 0.15) is 5.75 Å². The highest BCUT2D eigenvalue weighted by molar-refractivity contribution is 5.95. The van der Waals surface area contributed by atoms with Crippen LogP contribution >= 0.6 is 0 Å². The summed E-state index contributed by atoms with van der Waals surface area (Å²) in [6.07, 6.45) is 1.50. The molecule has 2 amide bonds. The van der Waals surface area contributed by atoms with Gasteiger partial charge in [-0.15, -0.1) is 0 Å². The zero-order valence-electron chi connectivity index (χ0n) is 19.3. The Morgan fingerprint density at radius 3 is 2.44 bits per heavy atom. The fourth-order valence-corrected chi connectivity index (χ4v) is 3.01. The number of nitrogens with one attached hydrogen (secondary N) is 2. The van der Waals surface area contributed by atoms with Crippen molar-refractivity contribution >= 4 is 23.7 Å². The normalized spacial score (nSPS) is 10.6. The second-order valence-electron chi connectivity index (χ2n) is 7.22. The van der Waals surface area contributed by atoms with E-state index in [1.165, 1.54) is 6.21 Å². The summed E-state index contributed by atoms with van der Waals surface area (Å²) in [4.78, 5) is 24.5. The highest BCUT2D eigenvalue weighted by Crippen LogP contribution is 2.28. The maximum Gasteiger partial charge on any atom is 0.271 e. The molecule has 0 spiro atoms. The Balaban J connectivity index is 1.59. The van der Waals surface area contributed by atoms with Crippen LogP contribution in [0.15, 0.2) is 71.8 Å². The number of benzene rings is 3. The van der Waals surface area contributed by atoms with Crippen LogP contribution in [0.3, 0.4) is 0 Å². The van der Waals surface area contributed by atoms with Crippen molar-refractivity contribution in [2.75, 3.05) is 25.6 Å². The van der Waals surface area contributed by atoms with Gasteiger partial charge in [0.25, 0.3) is 11.8 Å². The fraction of sp³-hybridized carbons (Fsp3) is 0.192. The van der Waals surface area contributed by atoms with E-state index >= 15 is 0 Å². The number of anilines is 1. The van der Waals surface area contributed by atoms with Gasteiger partial charge in [0.2, 0.25) is 0 Å². The lowest BCUT2D eigenvalue weighted by Crippen LogP contribution is -2.20. The Bertz CT molecular complexity index is 1160. The summed E-state index contributed by atoms with van der Waals surface area (Å²) in [6, 6.07) is 19.4. The van der Waals surface area contributed by atoms with Gasteiger partial charge in [-0.1, -0.05) is 18.2 Å². The minimum atomic E-state index is -0.344. The number of rotatable bonds is 10. The van der Waals surface area contributed by atoms with Gasteiger partial charge in [-0.25, -0.2) is 5.43 Å². The Hall–Kier alpha value is -4.33. The Morgan fingerprint density at radius 2 is 1.74 bits per heavy atom. The first-order valence-electron chi connectivity index (χ1n) is 10.7. The van der Waals surface area contributed by atoms with E-state index in [1.807, 2.05) is 38.1 Å². The number of hydrazone groups is 1. The third kappa shape index (κ3) is 6.83.